The van der Waals surface area contributed by atoms with Crippen molar-refractivity contribution in [3.05, 3.63) is 0 Å². The van der Waals surface area contributed by atoms with Crippen molar-refractivity contribution in [3.8, 4) is 0 Å². The molecule has 15 heteroatoms. The Labute approximate surface area is 277 Å². The second-order valence-corrected chi connectivity index (χ2v) is 15.0. The highest BCUT2D eigenvalue weighted by molar-refractivity contribution is 5.93. The molecule has 0 unspecified atom stereocenters. The molecule has 0 aromatic carbocycles. The molecular weight excluding hydrogens is 618 g/mol. The van der Waals surface area contributed by atoms with Crippen molar-refractivity contribution in [3.63, 3.8) is 0 Å². The Morgan fingerprint density at radius 2 is 0.745 bits per heavy atom. The Balaban J connectivity index is 6.11. The van der Waals surface area contributed by atoms with E-state index in [2.05, 4.69) is 16.0 Å². The molecule has 0 saturated heterocycles. The maximum atomic E-state index is 13.5. The van der Waals surface area contributed by atoms with Gasteiger partial charge in [-0.1, -0.05) is 0 Å². The predicted molar refractivity (Wildman–Crippen MR) is 170 cm³/mol. The first-order chi connectivity index (χ1) is 21.1. The number of rotatable bonds is 15. The number of esters is 3. The second-order valence-electron chi connectivity index (χ2n) is 15.0. The van der Waals surface area contributed by atoms with Crippen molar-refractivity contribution in [1.29, 1.82) is 0 Å². The van der Waals surface area contributed by atoms with Gasteiger partial charge in [0.2, 0.25) is 11.8 Å². The quantitative estimate of drug-likeness (QED) is 0.146. The molecule has 0 aliphatic heterocycles. The molecule has 0 radical (unpaired) electrons. The van der Waals surface area contributed by atoms with E-state index in [9.17, 15) is 38.7 Å². The number of hydrogen-bond acceptors (Lipinski definition) is 11. The molecule has 0 heterocycles. The third-order valence-corrected chi connectivity index (χ3v) is 5.43. The van der Waals surface area contributed by atoms with Gasteiger partial charge in [0.25, 0.3) is 0 Å². The molecule has 0 aromatic heterocycles. The van der Waals surface area contributed by atoms with Crippen LogP contribution in [0.15, 0.2) is 0 Å². The van der Waals surface area contributed by atoms with Gasteiger partial charge < -0.3 is 40.0 Å². The number of aliphatic carboxylic acids is 1. The molecule has 0 bridgehead atoms. The number of ether oxygens (including phenoxy) is 4. The third kappa shape index (κ3) is 22.3. The third-order valence-electron chi connectivity index (χ3n) is 5.43. The largest absolute Gasteiger partial charge is 0.480 e. The van der Waals surface area contributed by atoms with Crippen LogP contribution in [-0.4, -0.2) is 87.4 Å². The van der Waals surface area contributed by atoms with Crippen LogP contribution < -0.4 is 16.0 Å². The van der Waals surface area contributed by atoms with E-state index in [0.717, 1.165) is 0 Å². The van der Waals surface area contributed by atoms with Gasteiger partial charge in [-0.2, -0.15) is 0 Å². The van der Waals surface area contributed by atoms with Gasteiger partial charge in [-0.15, -0.1) is 0 Å². The number of carbonyl (C=O) groups is 7. The molecule has 0 rings (SSSR count). The van der Waals surface area contributed by atoms with E-state index in [4.69, 9.17) is 18.9 Å². The maximum Gasteiger partial charge on any atom is 0.408 e. The van der Waals surface area contributed by atoms with E-state index in [1.54, 1.807) is 83.1 Å². The van der Waals surface area contributed by atoms with E-state index in [1.165, 1.54) is 0 Å². The smallest absolute Gasteiger partial charge is 0.408 e. The molecule has 0 aliphatic carbocycles. The van der Waals surface area contributed by atoms with Crippen LogP contribution in [0, 0.1) is 0 Å². The van der Waals surface area contributed by atoms with Crippen molar-refractivity contribution in [1.82, 2.24) is 16.0 Å². The number of carbonyl (C=O) groups excluding carboxylic acids is 6. The lowest BCUT2D eigenvalue weighted by molar-refractivity contribution is -0.157. The van der Waals surface area contributed by atoms with Crippen LogP contribution in [-0.2, 0) is 47.7 Å². The number of alkyl carbamates (subject to hydrolysis) is 1. The zero-order valence-corrected chi connectivity index (χ0v) is 29.9. The standard InChI is InChI=1S/C32H55N3O12/c1-29(2,3)44-22(36)16-13-19(25(39)34-21(27(41)42)15-18-24(38)46-31(7,8)9)33-26(40)20(35-28(43)47-32(10,11)12)14-17-23(37)45-30(4,5)6/h19-21H,13-18H2,1-12H3,(H,33,40)(H,34,39)(H,35,43)(H,41,42)/t19-,20-,21-/m0/s1. The Kier molecular flexibility index (Phi) is 16.4. The minimum atomic E-state index is -1.54. The first kappa shape index (κ1) is 43.1. The minimum absolute atomic E-state index is 0.242. The lowest BCUT2D eigenvalue weighted by Crippen LogP contribution is -2.56. The molecule has 270 valence electrons. The van der Waals surface area contributed by atoms with Crippen molar-refractivity contribution in [2.45, 2.75) is 162 Å². The van der Waals surface area contributed by atoms with E-state index >= 15 is 0 Å². The molecule has 3 atom stereocenters. The Hall–Kier alpha value is -3.91. The van der Waals surface area contributed by atoms with Gasteiger partial charge in [0.15, 0.2) is 0 Å². The minimum Gasteiger partial charge on any atom is -0.480 e. The molecule has 0 saturated carbocycles. The summed E-state index contributed by atoms with van der Waals surface area (Å²) in [6.45, 7) is 19.7. The maximum absolute atomic E-state index is 13.5. The fourth-order valence-electron chi connectivity index (χ4n) is 3.75. The monoisotopic (exact) mass is 673 g/mol. The lowest BCUT2D eigenvalue weighted by atomic mass is 10.1. The zero-order valence-electron chi connectivity index (χ0n) is 29.9. The summed E-state index contributed by atoms with van der Waals surface area (Å²) in [7, 11) is 0. The predicted octanol–water partition coefficient (Wildman–Crippen LogP) is 3.30. The average molecular weight is 674 g/mol. The van der Waals surface area contributed by atoms with Crippen molar-refractivity contribution in [2.24, 2.45) is 0 Å². The Morgan fingerprint density at radius 3 is 1.04 bits per heavy atom. The summed E-state index contributed by atoms with van der Waals surface area (Å²) in [5.74, 6) is -5.33. The summed E-state index contributed by atoms with van der Waals surface area (Å²) in [5.41, 5.74) is -3.36. The molecular formula is C32H55N3O12. The van der Waals surface area contributed by atoms with Crippen LogP contribution in [0.2, 0.25) is 0 Å². The van der Waals surface area contributed by atoms with Crippen LogP contribution in [0.25, 0.3) is 0 Å². The van der Waals surface area contributed by atoms with Crippen LogP contribution in [0.5, 0.6) is 0 Å². The molecule has 15 nitrogen and oxygen atoms in total. The number of nitrogens with one attached hydrogen (secondary N) is 3. The van der Waals surface area contributed by atoms with Gasteiger partial charge in [0, 0.05) is 19.3 Å². The molecule has 0 aromatic rings. The van der Waals surface area contributed by atoms with Crippen LogP contribution in [0.4, 0.5) is 4.79 Å². The van der Waals surface area contributed by atoms with Gasteiger partial charge in [-0.05, 0) is 102 Å². The van der Waals surface area contributed by atoms with Crippen LogP contribution >= 0.6 is 0 Å². The van der Waals surface area contributed by atoms with Crippen LogP contribution in [0.3, 0.4) is 0 Å². The SMILES string of the molecule is CC(C)(C)OC(=O)CC[C@H](NC(=O)[C@H](CCC(=O)OC(C)(C)C)NC(=O)[C@H](CCC(=O)OC(C)(C)C)NC(=O)OC(C)(C)C)C(=O)O. The first-order valence-electron chi connectivity index (χ1n) is 15.6. The van der Waals surface area contributed by atoms with E-state index in [0.29, 0.717) is 0 Å². The zero-order chi connectivity index (χ0) is 37.0. The van der Waals surface area contributed by atoms with Gasteiger partial charge in [-0.25, -0.2) is 9.59 Å². The van der Waals surface area contributed by atoms with Gasteiger partial charge in [0.05, 0.1) is 0 Å². The molecule has 0 aliphatic rings. The molecule has 4 N–H and O–H groups in total. The summed E-state index contributed by atoms with van der Waals surface area (Å²) >= 11 is 0. The summed E-state index contributed by atoms with van der Waals surface area (Å²) in [5, 5.41) is 16.9. The Bertz CT molecular complexity index is 1120. The van der Waals surface area contributed by atoms with Crippen molar-refractivity contribution in [2.75, 3.05) is 0 Å². The molecule has 47 heavy (non-hydrogen) atoms. The lowest BCUT2D eigenvalue weighted by Gasteiger charge is -2.26. The highest BCUT2D eigenvalue weighted by atomic mass is 16.6. The van der Waals surface area contributed by atoms with Crippen molar-refractivity contribution >= 4 is 41.8 Å². The van der Waals surface area contributed by atoms with E-state index in [-0.39, 0.29) is 38.5 Å². The first-order valence-corrected chi connectivity index (χ1v) is 15.6. The fourth-order valence-corrected chi connectivity index (χ4v) is 3.75. The molecule has 0 fully saturated rings. The topological polar surface area (TPSA) is 213 Å². The summed E-state index contributed by atoms with van der Waals surface area (Å²) < 4.78 is 21.0. The van der Waals surface area contributed by atoms with E-state index < -0.39 is 82.3 Å². The number of amides is 3. The molecule has 3 amide bonds. The number of carboxylic acids is 1. The van der Waals surface area contributed by atoms with Gasteiger partial charge in [0.1, 0.15) is 40.5 Å². The van der Waals surface area contributed by atoms with Crippen molar-refractivity contribution < 1.29 is 57.6 Å². The number of hydrogen-bond donors (Lipinski definition) is 4. The highest BCUT2D eigenvalue weighted by Crippen LogP contribution is 2.15. The normalized spacial score (nSPS) is 14.0. The van der Waals surface area contributed by atoms with Crippen LogP contribution in [0.1, 0.15) is 122 Å². The van der Waals surface area contributed by atoms with Gasteiger partial charge in [-0.3, -0.25) is 24.0 Å². The molecule has 0 spiro atoms. The summed E-state index contributed by atoms with van der Waals surface area (Å²) in [4.78, 5) is 88.4. The van der Waals surface area contributed by atoms with Gasteiger partial charge >= 0.3 is 30.0 Å². The van der Waals surface area contributed by atoms with E-state index in [1.807, 2.05) is 0 Å². The highest BCUT2D eigenvalue weighted by Gasteiger charge is 2.32. The average Bonchev–Trinajstić information content (AvgIpc) is 2.81. The Morgan fingerprint density at radius 1 is 0.468 bits per heavy atom. The summed E-state index contributed by atoms with van der Waals surface area (Å²) in [6.07, 6.45) is -2.79. The number of carboxylic acid groups (broad SMARTS) is 1. The second kappa shape index (κ2) is 17.9. The fraction of sp³-hybridized carbons (Fsp3) is 0.781. The summed E-state index contributed by atoms with van der Waals surface area (Å²) in [6, 6.07) is -4.42.